The topological polar surface area (TPSA) is 76.1 Å². The summed E-state index contributed by atoms with van der Waals surface area (Å²) in [7, 11) is 0. The molecule has 0 spiro atoms. The van der Waals surface area contributed by atoms with Crippen molar-refractivity contribution in [2.75, 3.05) is 19.8 Å². The van der Waals surface area contributed by atoms with Crippen LogP contribution in [-0.2, 0) is 16.0 Å². The van der Waals surface area contributed by atoms with Crippen molar-refractivity contribution in [3.05, 3.63) is 101 Å². The molecule has 1 atom stereocenters. The number of Topliss-reactive ketones (excluding diaryl/α,β-unsaturated/α-hetero) is 1. The third-order valence-corrected chi connectivity index (χ3v) is 6.29. The van der Waals surface area contributed by atoms with E-state index in [1.165, 1.54) is 0 Å². The molecule has 4 rings (SSSR count). The van der Waals surface area contributed by atoms with Gasteiger partial charge in [-0.05, 0) is 66.8 Å². The van der Waals surface area contributed by atoms with Gasteiger partial charge in [0, 0.05) is 12.1 Å². The Bertz CT molecular complexity index is 1230. The van der Waals surface area contributed by atoms with E-state index in [4.69, 9.17) is 9.47 Å². The van der Waals surface area contributed by atoms with E-state index in [9.17, 15) is 14.7 Å². The van der Waals surface area contributed by atoms with Gasteiger partial charge in [-0.1, -0.05) is 56.3 Å². The molecule has 1 saturated heterocycles. The Balaban J connectivity index is 1.70. The molecule has 0 aromatic heterocycles. The molecule has 192 valence electrons. The highest BCUT2D eigenvalue weighted by Crippen LogP contribution is 2.40. The van der Waals surface area contributed by atoms with Crippen LogP contribution in [0.4, 0.5) is 0 Å². The quantitative estimate of drug-likeness (QED) is 0.201. The molecule has 3 aromatic rings. The van der Waals surface area contributed by atoms with Crippen LogP contribution in [0.5, 0.6) is 11.5 Å². The average molecular weight is 500 g/mol. The Morgan fingerprint density at radius 3 is 1.95 bits per heavy atom. The molecule has 1 heterocycles. The van der Waals surface area contributed by atoms with Crippen LogP contribution in [-0.4, -0.2) is 41.5 Å². The van der Waals surface area contributed by atoms with E-state index in [1.54, 1.807) is 29.2 Å². The number of aliphatic hydroxyl groups excluding tert-OH is 1. The van der Waals surface area contributed by atoms with Crippen molar-refractivity contribution in [3.63, 3.8) is 0 Å². The predicted octanol–water partition coefficient (Wildman–Crippen LogP) is 5.93. The summed E-state index contributed by atoms with van der Waals surface area (Å²) in [6.07, 6.45) is 2.37. The molecular weight excluding hydrogens is 466 g/mol. The molecular formula is C31H33NO5. The summed E-state index contributed by atoms with van der Waals surface area (Å²) in [4.78, 5) is 28.1. The number of nitrogens with zero attached hydrogens (tertiary/aromatic N) is 1. The molecule has 0 saturated carbocycles. The van der Waals surface area contributed by atoms with Crippen molar-refractivity contribution in [1.82, 2.24) is 4.90 Å². The number of benzene rings is 3. The first kappa shape index (κ1) is 26.0. The SMILES string of the molecule is CCCOc1ccc(C(O)=C2C(=O)C(=O)N(CCc3ccccc3)C2c2ccc(OCCC)cc2)cc1. The number of amides is 1. The molecule has 0 bridgehead atoms. The lowest BCUT2D eigenvalue weighted by Crippen LogP contribution is -2.31. The van der Waals surface area contributed by atoms with Gasteiger partial charge in [-0.25, -0.2) is 0 Å². The lowest BCUT2D eigenvalue weighted by molar-refractivity contribution is -0.139. The molecule has 3 aromatic carbocycles. The average Bonchev–Trinajstić information content (AvgIpc) is 3.19. The number of rotatable bonds is 11. The van der Waals surface area contributed by atoms with Crippen LogP contribution >= 0.6 is 0 Å². The highest BCUT2D eigenvalue weighted by molar-refractivity contribution is 6.46. The minimum absolute atomic E-state index is 0.0857. The molecule has 1 N–H and O–H groups in total. The maximum atomic E-state index is 13.3. The Morgan fingerprint density at radius 2 is 1.38 bits per heavy atom. The van der Waals surface area contributed by atoms with E-state index in [0.717, 1.165) is 29.7 Å². The van der Waals surface area contributed by atoms with E-state index in [0.29, 0.717) is 37.5 Å². The molecule has 1 aliphatic heterocycles. The number of hydrogen-bond donors (Lipinski definition) is 1. The Hall–Kier alpha value is -4.06. The summed E-state index contributed by atoms with van der Waals surface area (Å²) in [5.74, 6) is -0.0979. The number of carbonyl (C=O) groups excluding carboxylic acids is 2. The van der Waals surface area contributed by atoms with E-state index >= 15 is 0 Å². The van der Waals surface area contributed by atoms with Gasteiger partial charge in [-0.3, -0.25) is 9.59 Å². The summed E-state index contributed by atoms with van der Waals surface area (Å²) in [6, 6.07) is 23.4. The van der Waals surface area contributed by atoms with Gasteiger partial charge in [-0.15, -0.1) is 0 Å². The second-order valence-electron chi connectivity index (χ2n) is 9.02. The van der Waals surface area contributed by atoms with Gasteiger partial charge < -0.3 is 19.5 Å². The van der Waals surface area contributed by atoms with Crippen LogP contribution in [0.1, 0.15) is 49.4 Å². The van der Waals surface area contributed by atoms with E-state index < -0.39 is 17.7 Å². The molecule has 1 unspecified atom stereocenters. The Labute approximate surface area is 218 Å². The first-order valence-corrected chi connectivity index (χ1v) is 12.8. The van der Waals surface area contributed by atoms with Crippen molar-refractivity contribution in [2.24, 2.45) is 0 Å². The van der Waals surface area contributed by atoms with Gasteiger partial charge >= 0.3 is 0 Å². The molecule has 1 amide bonds. The number of aliphatic hydroxyl groups is 1. The van der Waals surface area contributed by atoms with Crippen molar-refractivity contribution in [1.29, 1.82) is 0 Å². The summed E-state index contributed by atoms with van der Waals surface area (Å²) in [5.41, 5.74) is 2.34. The number of carbonyl (C=O) groups is 2. The van der Waals surface area contributed by atoms with E-state index in [2.05, 4.69) is 0 Å². The fourth-order valence-corrected chi connectivity index (χ4v) is 4.40. The van der Waals surface area contributed by atoms with Gasteiger partial charge in [0.05, 0.1) is 24.8 Å². The second-order valence-corrected chi connectivity index (χ2v) is 9.02. The maximum absolute atomic E-state index is 13.3. The smallest absolute Gasteiger partial charge is 0.295 e. The molecule has 37 heavy (non-hydrogen) atoms. The molecule has 6 nitrogen and oxygen atoms in total. The number of ketones is 1. The van der Waals surface area contributed by atoms with Crippen LogP contribution in [0.2, 0.25) is 0 Å². The van der Waals surface area contributed by atoms with Crippen molar-refractivity contribution in [3.8, 4) is 11.5 Å². The summed E-state index contributed by atoms with van der Waals surface area (Å²) in [5, 5.41) is 11.3. The first-order valence-electron chi connectivity index (χ1n) is 12.8. The number of ether oxygens (including phenoxy) is 2. The van der Waals surface area contributed by atoms with Crippen LogP contribution in [0.15, 0.2) is 84.4 Å². The maximum Gasteiger partial charge on any atom is 0.295 e. The van der Waals surface area contributed by atoms with Gasteiger partial charge in [0.1, 0.15) is 17.3 Å². The molecule has 1 fully saturated rings. The third-order valence-electron chi connectivity index (χ3n) is 6.29. The molecule has 0 aliphatic carbocycles. The molecule has 1 aliphatic rings. The first-order chi connectivity index (χ1) is 18.0. The van der Waals surface area contributed by atoms with Crippen LogP contribution < -0.4 is 9.47 Å². The van der Waals surface area contributed by atoms with Gasteiger partial charge in [-0.2, -0.15) is 0 Å². The predicted molar refractivity (Wildman–Crippen MR) is 144 cm³/mol. The van der Waals surface area contributed by atoms with Crippen molar-refractivity contribution < 1.29 is 24.2 Å². The van der Waals surface area contributed by atoms with Gasteiger partial charge in [0.2, 0.25) is 0 Å². The summed E-state index contributed by atoms with van der Waals surface area (Å²) < 4.78 is 11.3. The zero-order chi connectivity index (χ0) is 26.2. The summed E-state index contributed by atoms with van der Waals surface area (Å²) in [6.45, 7) is 5.60. The largest absolute Gasteiger partial charge is 0.507 e. The summed E-state index contributed by atoms with van der Waals surface area (Å²) >= 11 is 0. The van der Waals surface area contributed by atoms with Crippen molar-refractivity contribution >= 4 is 17.4 Å². The van der Waals surface area contributed by atoms with E-state index in [-0.39, 0.29) is 11.3 Å². The van der Waals surface area contributed by atoms with E-state index in [1.807, 2.05) is 68.4 Å². The standard InChI is InChI=1S/C31H33NO5/c1-3-20-36-25-14-10-23(11-15-25)28-27(29(33)24-12-16-26(17-13-24)37-21-4-2)30(34)31(35)32(28)19-18-22-8-6-5-7-9-22/h5-17,28,33H,3-4,18-21H2,1-2H3. The normalized spacial score (nSPS) is 16.7. The van der Waals surface area contributed by atoms with Gasteiger partial charge in [0.15, 0.2) is 0 Å². The third kappa shape index (κ3) is 6.02. The zero-order valence-corrected chi connectivity index (χ0v) is 21.4. The zero-order valence-electron chi connectivity index (χ0n) is 21.4. The fraction of sp³-hybridized carbons (Fsp3) is 0.290. The lowest BCUT2D eigenvalue weighted by atomic mass is 9.95. The molecule has 0 radical (unpaired) electrons. The number of hydrogen-bond acceptors (Lipinski definition) is 5. The van der Waals surface area contributed by atoms with Crippen LogP contribution in [0.3, 0.4) is 0 Å². The van der Waals surface area contributed by atoms with Crippen LogP contribution in [0.25, 0.3) is 5.76 Å². The van der Waals surface area contributed by atoms with Crippen molar-refractivity contribution in [2.45, 2.75) is 39.2 Å². The highest BCUT2D eigenvalue weighted by atomic mass is 16.5. The minimum Gasteiger partial charge on any atom is -0.507 e. The molecule has 6 heteroatoms. The number of likely N-dealkylation sites (tertiary alicyclic amines) is 1. The lowest BCUT2D eigenvalue weighted by Gasteiger charge is -2.25. The fourth-order valence-electron chi connectivity index (χ4n) is 4.40. The Morgan fingerprint density at radius 1 is 0.811 bits per heavy atom. The minimum atomic E-state index is -0.708. The second kappa shape index (κ2) is 12.3. The monoisotopic (exact) mass is 499 g/mol. The van der Waals surface area contributed by atoms with Crippen LogP contribution in [0, 0.1) is 0 Å². The Kier molecular flexibility index (Phi) is 8.62. The van der Waals surface area contributed by atoms with Gasteiger partial charge in [0.25, 0.3) is 11.7 Å². The highest BCUT2D eigenvalue weighted by Gasteiger charge is 2.45.